The minimum Gasteiger partial charge on any atom is -0.372 e. The van der Waals surface area contributed by atoms with Crippen molar-refractivity contribution in [2.24, 2.45) is 5.92 Å². The Hall–Kier alpha value is -0.450. The maximum absolute atomic E-state index is 5.89. The summed E-state index contributed by atoms with van der Waals surface area (Å²) in [6, 6.07) is 0.790. The monoisotopic (exact) mass is 238 g/mol. The molecule has 1 aromatic heterocycles. The van der Waals surface area contributed by atoms with Gasteiger partial charge < -0.3 is 10.1 Å². The first-order valence-electron chi connectivity index (χ1n) is 6.16. The third kappa shape index (κ3) is 2.44. The Bertz CT molecular complexity index is 324. The van der Waals surface area contributed by atoms with E-state index in [-0.39, 0.29) is 6.10 Å². The first kappa shape index (κ1) is 10.7. The van der Waals surface area contributed by atoms with Gasteiger partial charge in [0.15, 0.2) is 0 Å². The van der Waals surface area contributed by atoms with Gasteiger partial charge in [-0.3, -0.25) is 0 Å². The van der Waals surface area contributed by atoms with E-state index in [0.717, 1.165) is 24.9 Å². The van der Waals surface area contributed by atoms with Crippen molar-refractivity contribution >= 4 is 11.3 Å². The van der Waals surface area contributed by atoms with Crippen LogP contribution in [0.15, 0.2) is 10.9 Å². The molecule has 0 spiro atoms. The molecule has 2 aliphatic rings. The van der Waals surface area contributed by atoms with E-state index >= 15 is 0 Å². The molecule has 0 radical (unpaired) electrons. The zero-order valence-electron chi connectivity index (χ0n) is 9.39. The second kappa shape index (κ2) is 4.82. The lowest BCUT2D eigenvalue weighted by molar-refractivity contribution is -0.0300. The molecule has 2 fully saturated rings. The normalized spacial score (nSPS) is 30.5. The number of rotatable bonds is 4. The largest absolute Gasteiger partial charge is 0.372 e. The molecular weight excluding hydrogens is 220 g/mol. The summed E-state index contributed by atoms with van der Waals surface area (Å²) in [6.45, 7) is 1.98. The highest BCUT2D eigenvalue weighted by Crippen LogP contribution is 2.33. The lowest BCUT2D eigenvalue weighted by Crippen LogP contribution is -2.33. The highest BCUT2D eigenvalue weighted by atomic mass is 32.1. The van der Waals surface area contributed by atoms with Crippen LogP contribution in [0.4, 0.5) is 0 Å². The summed E-state index contributed by atoms with van der Waals surface area (Å²) in [5.41, 5.74) is 3.03. The molecule has 88 valence electrons. The van der Waals surface area contributed by atoms with Crippen molar-refractivity contribution in [3.63, 3.8) is 0 Å². The smallest absolute Gasteiger partial charge is 0.104 e. The van der Waals surface area contributed by atoms with Gasteiger partial charge in [-0.05, 0) is 25.7 Å². The molecule has 3 rings (SSSR count). The zero-order chi connectivity index (χ0) is 10.8. The van der Waals surface area contributed by atoms with Crippen molar-refractivity contribution in [1.29, 1.82) is 0 Å². The molecule has 16 heavy (non-hydrogen) atoms. The highest BCUT2D eigenvalue weighted by molar-refractivity contribution is 7.07. The van der Waals surface area contributed by atoms with E-state index < -0.39 is 0 Å². The van der Waals surface area contributed by atoms with E-state index in [4.69, 9.17) is 4.74 Å². The molecule has 0 amide bonds. The molecule has 1 saturated heterocycles. The lowest BCUT2D eigenvalue weighted by Gasteiger charge is -2.31. The van der Waals surface area contributed by atoms with Gasteiger partial charge in [0, 0.05) is 30.5 Å². The van der Waals surface area contributed by atoms with E-state index in [9.17, 15) is 0 Å². The van der Waals surface area contributed by atoms with Gasteiger partial charge in [-0.1, -0.05) is 0 Å². The summed E-state index contributed by atoms with van der Waals surface area (Å²) in [5, 5.41) is 5.74. The third-order valence-corrected chi connectivity index (χ3v) is 4.04. The Labute approximate surface area is 100 Å². The Balaban J connectivity index is 1.63. The fourth-order valence-electron chi connectivity index (χ4n) is 2.35. The Morgan fingerprint density at radius 3 is 3.12 bits per heavy atom. The molecular formula is C12H18N2OS. The summed E-state index contributed by atoms with van der Waals surface area (Å²) in [6.07, 6.45) is 5.40. The van der Waals surface area contributed by atoms with Crippen molar-refractivity contribution < 1.29 is 4.74 Å². The van der Waals surface area contributed by atoms with Crippen LogP contribution in [0.3, 0.4) is 0 Å². The average Bonchev–Trinajstić information content (AvgIpc) is 3.00. The Kier molecular flexibility index (Phi) is 3.22. The minimum absolute atomic E-state index is 0.228. The van der Waals surface area contributed by atoms with Crippen LogP contribution in [0.1, 0.15) is 37.5 Å². The van der Waals surface area contributed by atoms with Crippen LogP contribution in [0.5, 0.6) is 0 Å². The number of nitrogens with one attached hydrogen (secondary N) is 1. The number of aromatic nitrogens is 1. The van der Waals surface area contributed by atoms with Crippen LogP contribution in [0, 0.1) is 5.92 Å². The molecule has 1 saturated carbocycles. The number of ether oxygens (including phenoxy) is 1. The molecule has 1 aliphatic carbocycles. The van der Waals surface area contributed by atoms with Crippen molar-refractivity contribution in [3.8, 4) is 0 Å². The van der Waals surface area contributed by atoms with Gasteiger partial charge >= 0.3 is 0 Å². The van der Waals surface area contributed by atoms with Crippen molar-refractivity contribution in [2.75, 3.05) is 13.2 Å². The van der Waals surface area contributed by atoms with Gasteiger partial charge in [-0.25, -0.2) is 4.98 Å². The molecule has 4 heteroatoms. The van der Waals surface area contributed by atoms with Gasteiger partial charge in [0.1, 0.15) is 6.10 Å². The lowest BCUT2D eigenvalue weighted by atomic mass is 9.92. The molecule has 0 aromatic carbocycles. The molecule has 2 unspecified atom stereocenters. The molecule has 3 nitrogen and oxygen atoms in total. The topological polar surface area (TPSA) is 34.1 Å². The van der Waals surface area contributed by atoms with Gasteiger partial charge in [0.25, 0.3) is 0 Å². The van der Waals surface area contributed by atoms with Crippen molar-refractivity contribution in [2.45, 2.75) is 37.8 Å². The standard InChI is InChI=1S/C12H18N2OS/c1-2-9(6-13-10-3-4-10)12(15-5-1)11-7-16-8-14-11/h7-10,12-13H,1-6H2. The number of hydrogen-bond donors (Lipinski definition) is 1. The van der Waals surface area contributed by atoms with E-state index in [2.05, 4.69) is 15.7 Å². The maximum Gasteiger partial charge on any atom is 0.104 e. The van der Waals surface area contributed by atoms with Crippen LogP contribution in [0.2, 0.25) is 0 Å². The summed E-state index contributed by atoms with van der Waals surface area (Å²) >= 11 is 1.66. The second-order valence-corrected chi connectivity index (χ2v) is 5.51. The predicted octanol–water partition coefficient (Wildman–Crippen LogP) is 2.36. The predicted molar refractivity (Wildman–Crippen MR) is 64.6 cm³/mol. The minimum atomic E-state index is 0.228. The molecule has 0 bridgehead atoms. The fourth-order valence-corrected chi connectivity index (χ4v) is 2.92. The SMILES string of the molecule is c1nc(C2OCCCC2CNC2CC2)cs1. The van der Waals surface area contributed by atoms with Crippen molar-refractivity contribution in [1.82, 2.24) is 10.3 Å². The molecule has 1 aromatic rings. The molecule has 2 heterocycles. The second-order valence-electron chi connectivity index (χ2n) is 4.79. The Morgan fingerprint density at radius 2 is 2.38 bits per heavy atom. The number of nitrogens with zero attached hydrogens (tertiary/aromatic N) is 1. The molecule has 1 aliphatic heterocycles. The van der Waals surface area contributed by atoms with Crippen LogP contribution < -0.4 is 5.32 Å². The summed E-state index contributed by atoms with van der Waals surface area (Å²) in [5.74, 6) is 0.608. The summed E-state index contributed by atoms with van der Waals surface area (Å²) in [4.78, 5) is 4.40. The zero-order valence-corrected chi connectivity index (χ0v) is 10.2. The average molecular weight is 238 g/mol. The quantitative estimate of drug-likeness (QED) is 0.874. The van der Waals surface area contributed by atoms with Gasteiger partial charge in [-0.15, -0.1) is 11.3 Å². The highest BCUT2D eigenvalue weighted by Gasteiger charge is 2.30. The van der Waals surface area contributed by atoms with E-state index in [1.807, 2.05) is 5.51 Å². The number of hydrogen-bond acceptors (Lipinski definition) is 4. The van der Waals surface area contributed by atoms with Crippen LogP contribution in [0.25, 0.3) is 0 Å². The van der Waals surface area contributed by atoms with Gasteiger partial charge in [-0.2, -0.15) is 0 Å². The fraction of sp³-hybridized carbons (Fsp3) is 0.750. The van der Waals surface area contributed by atoms with Crippen LogP contribution >= 0.6 is 11.3 Å². The number of thiazole rings is 1. The van der Waals surface area contributed by atoms with E-state index in [0.29, 0.717) is 5.92 Å². The van der Waals surface area contributed by atoms with Gasteiger partial charge in [0.2, 0.25) is 0 Å². The maximum atomic E-state index is 5.89. The molecule has 1 N–H and O–H groups in total. The van der Waals surface area contributed by atoms with E-state index in [1.54, 1.807) is 11.3 Å². The van der Waals surface area contributed by atoms with Crippen molar-refractivity contribution in [3.05, 3.63) is 16.6 Å². The summed E-state index contributed by atoms with van der Waals surface area (Å²) < 4.78 is 5.89. The summed E-state index contributed by atoms with van der Waals surface area (Å²) in [7, 11) is 0. The Morgan fingerprint density at radius 1 is 1.44 bits per heavy atom. The van der Waals surface area contributed by atoms with Gasteiger partial charge in [0.05, 0.1) is 11.2 Å². The first-order valence-corrected chi connectivity index (χ1v) is 7.11. The molecule has 2 atom stereocenters. The van der Waals surface area contributed by atoms with E-state index in [1.165, 1.54) is 25.7 Å². The van der Waals surface area contributed by atoms with Crippen LogP contribution in [-0.2, 0) is 4.74 Å². The van der Waals surface area contributed by atoms with Crippen LogP contribution in [-0.4, -0.2) is 24.2 Å². The third-order valence-electron chi connectivity index (χ3n) is 3.43. The first-order chi connectivity index (χ1) is 7.93.